The first kappa shape index (κ1) is 10.1. The van der Waals surface area contributed by atoms with Crippen LogP contribution in [-0.2, 0) is 4.74 Å². The molecule has 1 aromatic rings. The van der Waals surface area contributed by atoms with Crippen LogP contribution in [0.1, 0.15) is 20.8 Å². The molecular formula is C12H18OP+. The Morgan fingerprint density at radius 2 is 1.86 bits per heavy atom. The lowest BCUT2D eigenvalue weighted by molar-refractivity contribution is 0.000287. The second kappa shape index (κ2) is 3.64. The van der Waals surface area contributed by atoms with Crippen molar-refractivity contribution in [3.8, 4) is 0 Å². The van der Waals surface area contributed by atoms with Crippen molar-refractivity contribution in [2.24, 2.45) is 0 Å². The third-order valence-electron chi connectivity index (χ3n) is 2.27. The van der Waals surface area contributed by atoms with Crippen molar-refractivity contribution in [3.63, 3.8) is 0 Å². The summed E-state index contributed by atoms with van der Waals surface area (Å²) in [5, 5.41) is 1.52. The van der Waals surface area contributed by atoms with E-state index in [0.29, 0.717) is 5.85 Å². The molecule has 1 fully saturated rings. The van der Waals surface area contributed by atoms with Crippen LogP contribution in [-0.4, -0.2) is 17.6 Å². The van der Waals surface area contributed by atoms with E-state index in [9.17, 15) is 0 Å². The summed E-state index contributed by atoms with van der Waals surface area (Å²) in [5.41, 5.74) is 0.0197. The van der Waals surface area contributed by atoms with E-state index >= 15 is 0 Å². The molecule has 1 aromatic carbocycles. The summed E-state index contributed by atoms with van der Waals surface area (Å²) in [6.45, 7) is 6.40. The highest BCUT2D eigenvalue weighted by atomic mass is 31.1. The standard InChI is InChI=1S/C12H17OP/c1-12(2,3)13-11-9-14(11)10-7-5-4-6-8-10/h4-8,11H,9H2,1-3H3/p+1. The Kier molecular flexibility index (Phi) is 2.64. The Labute approximate surface area is 87.2 Å². The number of rotatable bonds is 2. The van der Waals surface area contributed by atoms with Gasteiger partial charge in [0, 0.05) is 0 Å². The van der Waals surface area contributed by atoms with Gasteiger partial charge in [-0.2, -0.15) is 0 Å². The lowest BCUT2D eigenvalue weighted by Gasteiger charge is -2.16. The highest BCUT2D eigenvalue weighted by Gasteiger charge is 2.51. The van der Waals surface area contributed by atoms with Crippen LogP contribution in [0.3, 0.4) is 0 Å². The molecule has 0 bridgehead atoms. The molecule has 14 heavy (non-hydrogen) atoms. The first-order valence-corrected chi connectivity index (χ1v) is 6.94. The van der Waals surface area contributed by atoms with Crippen molar-refractivity contribution in [2.45, 2.75) is 32.2 Å². The van der Waals surface area contributed by atoms with Gasteiger partial charge in [-0.1, -0.05) is 18.2 Å². The molecule has 2 unspecified atom stereocenters. The fraction of sp³-hybridized carbons (Fsp3) is 0.500. The second-order valence-electron chi connectivity index (χ2n) is 4.81. The van der Waals surface area contributed by atoms with E-state index in [0.717, 1.165) is 0 Å². The van der Waals surface area contributed by atoms with Gasteiger partial charge in [-0.3, -0.25) is 0 Å². The van der Waals surface area contributed by atoms with Crippen LogP contribution in [0.25, 0.3) is 0 Å². The molecule has 1 aliphatic rings. The van der Waals surface area contributed by atoms with Crippen LogP contribution < -0.4 is 5.30 Å². The maximum atomic E-state index is 5.96. The SMILES string of the molecule is CC(C)(C)OC1C[PH+]1c1ccccc1. The monoisotopic (exact) mass is 209 g/mol. The van der Waals surface area contributed by atoms with Gasteiger partial charge in [-0.25, -0.2) is 0 Å². The first-order chi connectivity index (χ1) is 6.56. The molecular weight excluding hydrogens is 191 g/mol. The topological polar surface area (TPSA) is 9.23 Å². The maximum absolute atomic E-state index is 5.96. The van der Waals surface area contributed by atoms with Crippen molar-refractivity contribution >= 4 is 13.2 Å². The summed E-state index contributed by atoms with van der Waals surface area (Å²) in [5.74, 6) is 0.544. The second-order valence-corrected chi connectivity index (χ2v) is 7.49. The van der Waals surface area contributed by atoms with Crippen LogP contribution in [0.2, 0.25) is 0 Å². The van der Waals surface area contributed by atoms with Crippen molar-refractivity contribution in [1.82, 2.24) is 0 Å². The molecule has 2 rings (SSSR count). The van der Waals surface area contributed by atoms with Gasteiger partial charge in [-0.05, 0) is 32.9 Å². The average Bonchev–Trinajstić information content (AvgIpc) is 2.82. The van der Waals surface area contributed by atoms with E-state index in [1.165, 1.54) is 11.5 Å². The Balaban J connectivity index is 1.94. The summed E-state index contributed by atoms with van der Waals surface area (Å²) in [4.78, 5) is 0. The number of hydrogen-bond acceptors (Lipinski definition) is 1. The molecule has 1 heterocycles. The Bertz CT molecular complexity index is 302. The molecule has 0 spiro atoms. The van der Waals surface area contributed by atoms with Gasteiger partial charge >= 0.3 is 0 Å². The zero-order valence-electron chi connectivity index (χ0n) is 9.08. The molecule has 0 radical (unpaired) electrons. The van der Waals surface area contributed by atoms with Crippen LogP contribution in [0, 0.1) is 0 Å². The number of benzene rings is 1. The van der Waals surface area contributed by atoms with E-state index in [1.807, 2.05) is 0 Å². The van der Waals surface area contributed by atoms with Crippen molar-refractivity contribution < 1.29 is 4.74 Å². The Morgan fingerprint density at radius 1 is 1.21 bits per heavy atom. The van der Waals surface area contributed by atoms with Gasteiger partial charge < -0.3 is 4.74 Å². The molecule has 0 aromatic heterocycles. The molecule has 1 nitrogen and oxygen atoms in total. The fourth-order valence-electron chi connectivity index (χ4n) is 1.64. The van der Waals surface area contributed by atoms with Crippen molar-refractivity contribution in [3.05, 3.63) is 30.3 Å². The zero-order valence-corrected chi connectivity index (χ0v) is 10.1. The Morgan fingerprint density at radius 3 is 2.43 bits per heavy atom. The van der Waals surface area contributed by atoms with Gasteiger partial charge in [-0.15, -0.1) is 0 Å². The first-order valence-electron chi connectivity index (χ1n) is 5.15. The minimum atomic E-state index is -0.356. The highest BCUT2D eigenvalue weighted by Crippen LogP contribution is 2.59. The predicted octanol–water partition coefficient (Wildman–Crippen LogP) is 2.68. The summed E-state index contributed by atoms with van der Waals surface area (Å²) in [7, 11) is -0.356. The summed E-state index contributed by atoms with van der Waals surface area (Å²) in [6, 6.07) is 10.8. The zero-order chi connectivity index (χ0) is 10.2. The van der Waals surface area contributed by atoms with Gasteiger partial charge in [0.2, 0.25) is 5.85 Å². The lowest BCUT2D eigenvalue weighted by Crippen LogP contribution is -2.20. The third kappa shape index (κ3) is 2.56. The predicted molar refractivity (Wildman–Crippen MR) is 63.9 cm³/mol. The smallest absolute Gasteiger partial charge is 0.203 e. The molecule has 76 valence electrons. The molecule has 0 aliphatic carbocycles. The molecule has 1 aliphatic heterocycles. The highest BCUT2D eigenvalue weighted by molar-refractivity contribution is 7.73. The molecule has 0 N–H and O–H groups in total. The molecule has 2 heteroatoms. The maximum Gasteiger partial charge on any atom is 0.203 e. The van der Waals surface area contributed by atoms with Gasteiger partial charge in [0.25, 0.3) is 0 Å². The van der Waals surface area contributed by atoms with Crippen LogP contribution >= 0.6 is 7.92 Å². The minimum Gasteiger partial charge on any atom is -0.334 e. The van der Waals surface area contributed by atoms with E-state index in [2.05, 4.69) is 51.1 Å². The van der Waals surface area contributed by atoms with Crippen LogP contribution in [0.4, 0.5) is 0 Å². The summed E-state index contributed by atoms with van der Waals surface area (Å²) < 4.78 is 5.96. The summed E-state index contributed by atoms with van der Waals surface area (Å²) in [6.07, 6.45) is 1.28. The van der Waals surface area contributed by atoms with E-state index in [1.54, 1.807) is 0 Å². The largest absolute Gasteiger partial charge is 0.334 e. The normalized spacial score (nSPS) is 26.2. The van der Waals surface area contributed by atoms with Gasteiger partial charge in [0.15, 0.2) is 0 Å². The fourth-order valence-corrected chi connectivity index (χ4v) is 4.03. The van der Waals surface area contributed by atoms with E-state index in [-0.39, 0.29) is 13.5 Å². The van der Waals surface area contributed by atoms with E-state index in [4.69, 9.17) is 4.74 Å². The van der Waals surface area contributed by atoms with Gasteiger partial charge in [0.1, 0.15) is 6.16 Å². The van der Waals surface area contributed by atoms with Crippen LogP contribution in [0.5, 0.6) is 0 Å². The molecule has 2 atom stereocenters. The number of ether oxygens (including phenoxy) is 1. The third-order valence-corrected chi connectivity index (χ3v) is 4.73. The minimum absolute atomic E-state index is 0.0197. The molecule has 1 saturated heterocycles. The molecule has 0 amide bonds. The van der Waals surface area contributed by atoms with E-state index < -0.39 is 0 Å². The van der Waals surface area contributed by atoms with Gasteiger partial charge in [0.05, 0.1) is 18.8 Å². The lowest BCUT2D eigenvalue weighted by atomic mass is 10.2. The van der Waals surface area contributed by atoms with Crippen molar-refractivity contribution in [2.75, 3.05) is 6.16 Å². The Hall–Kier alpha value is -0.390. The number of hydrogen-bond donors (Lipinski definition) is 0. The summed E-state index contributed by atoms with van der Waals surface area (Å²) >= 11 is 0. The van der Waals surface area contributed by atoms with Crippen LogP contribution in [0.15, 0.2) is 30.3 Å². The quantitative estimate of drug-likeness (QED) is 0.680. The average molecular weight is 209 g/mol. The van der Waals surface area contributed by atoms with Crippen molar-refractivity contribution in [1.29, 1.82) is 0 Å². The molecule has 0 saturated carbocycles.